The average Bonchev–Trinajstić information content (AvgIpc) is 3.70. The minimum Gasteiger partial charge on any atom is -0.394 e. The van der Waals surface area contributed by atoms with Crippen molar-refractivity contribution < 1.29 is 137 Å². The molecule has 18 unspecified atom stereocenters. The van der Waals surface area contributed by atoms with E-state index >= 15 is 0 Å². The molecule has 1 heterocycles. The first-order valence-electron chi connectivity index (χ1n) is 29.6. The lowest BCUT2D eigenvalue weighted by atomic mass is 10.00. The fraction of sp³-hybridized carbons (Fsp3) is 0.982. The van der Waals surface area contributed by atoms with E-state index in [4.69, 9.17) is 56.2 Å². The Balaban J connectivity index is -0.000000259. The van der Waals surface area contributed by atoms with Gasteiger partial charge in [-0.2, -0.15) is 0 Å². The van der Waals surface area contributed by atoms with E-state index in [2.05, 4.69) is 33.8 Å². The van der Waals surface area contributed by atoms with E-state index in [0.29, 0.717) is 13.1 Å². The summed E-state index contributed by atoms with van der Waals surface area (Å²) in [6, 6.07) is 0. The number of hydrogen-bond acceptors (Lipinski definition) is 33. The summed E-state index contributed by atoms with van der Waals surface area (Å²) in [5.74, 6) is 0. The van der Waals surface area contributed by atoms with Gasteiger partial charge in [0.2, 0.25) is 0 Å². The third kappa shape index (κ3) is 44.8. The van der Waals surface area contributed by atoms with E-state index in [9.17, 15) is 76.3 Å². The van der Waals surface area contributed by atoms with Crippen molar-refractivity contribution in [3.8, 4) is 0 Å². The van der Waals surface area contributed by atoms with Crippen LogP contribution in [0.1, 0.15) is 126 Å². The summed E-state index contributed by atoms with van der Waals surface area (Å²) in [7, 11) is 0. The lowest BCUT2D eigenvalue weighted by molar-refractivity contribution is -0.286. The fourth-order valence-electron chi connectivity index (χ4n) is 7.95. The number of nitrogens with one attached hydrogen (secondary N) is 2. The predicted molar refractivity (Wildman–Crippen MR) is 324 cm³/mol. The van der Waals surface area contributed by atoms with Crippen molar-refractivity contribution >= 4 is 6.29 Å². The molecule has 0 amide bonds. The maximum absolute atomic E-state index is 10.1. The van der Waals surface area contributed by atoms with Gasteiger partial charge in [0.25, 0.3) is 0 Å². The molecule has 538 valence electrons. The van der Waals surface area contributed by atoms with Crippen LogP contribution < -0.4 is 22.1 Å². The highest BCUT2D eigenvalue weighted by molar-refractivity contribution is 5.48. The van der Waals surface area contributed by atoms with E-state index in [-0.39, 0.29) is 61.0 Å². The van der Waals surface area contributed by atoms with Crippen LogP contribution in [-0.4, -0.2) is 364 Å². The topological polar surface area (TPSA) is 615 Å². The van der Waals surface area contributed by atoms with Crippen molar-refractivity contribution in [1.82, 2.24) is 20.4 Å². The highest BCUT2D eigenvalue weighted by Gasteiger charge is 2.42. The summed E-state index contributed by atoms with van der Waals surface area (Å²) in [6.45, 7) is 2.90. The van der Waals surface area contributed by atoms with Gasteiger partial charge in [0, 0.05) is 45.9 Å². The molecule has 21 atom stereocenters. The summed E-state index contributed by atoms with van der Waals surface area (Å²) in [5, 5.41) is 239. The minimum absolute atomic E-state index is 0. The highest BCUT2D eigenvalue weighted by atomic mass is 16.6. The van der Waals surface area contributed by atoms with E-state index < -0.39 is 161 Å². The second kappa shape index (κ2) is 61.6. The van der Waals surface area contributed by atoms with Gasteiger partial charge in [-0.1, -0.05) is 113 Å². The molecule has 0 saturated carbocycles. The molecule has 33 heteroatoms. The Morgan fingerprint density at radius 1 is 0.432 bits per heavy atom. The number of rotatable bonds is 45. The number of carbonyl (C=O) groups excluding carboxylic acids is 1. The predicted octanol–water partition coefficient (Wildman–Crippen LogP) is -9.97. The number of nitrogens with two attached hydrogens (primary N) is 2. The summed E-state index contributed by atoms with van der Waals surface area (Å²) >= 11 is 0. The number of nitrogens with zero attached hydrogens (tertiary/aromatic N) is 2. The molecule has 1 saturated heterocycles. The quantitative estimate of drug-likeness (QED) is 0.0153. The number of hydrogen-bond donors (Lipinski definition) is 29. The monoisotopic (exact) mass is 1300 g/mol. The molecule has 0 aromatic rings. The first kappa shape index (κ1) is 97.5. The maximum Gasteiger partial charge on any atom is 0.184 e. The zero-order valence-electron chi connectivity index (χ0n) is 50.5. The molecule has 1 aliphatic rings. The van der Waals surface area contributed by atoms with Crippen molar-refractivity contribution in [2.75, 3.05) is 92.3 Å². The zero-order valence-corrected chi connectivity index (χ0v) is 50.5. The number of aldehydes is 1. The molecular formula is C55H126N6O27. The SMILES string of the molecule is C.C.CCCCCCCCCCCCCCCC=O.CCN(CC(O)C(O)C(O)C(O)CO)CN(CC)CC(O)C(O)C(O)C(O)CO.NCN.OCC(O)C(O)C(O)C(O)CNCNCC(O)C(O)C(O)C(O)CO.OCC1OC(O)[C@@H](O)[C@@H](O)[C@@H]1O. The summed E-state index contributed by atoms with van der Waals surface area (Å²) in [5.41, 5.74) is 9.25. The van der Waals surface area contributed by atoms with Gasteiger partial charge < -0.3 is 159 Å². The van der Waals surface area contributed by atoms with Crippen molar-refractivity contribution in [3.63, 3.8) is 0 Å². The summed E-state index contributed by atoms with van der Waals surface area (Å²) < 4.78 is 4.58. The van der Waals surface area contributed by atoms with E-state index in [1.165, 1.54) is 77.0 Å². The van der Waals surface area contributed by atoms with Crippen molar-refractivity contribution in [3.05, 3.63) is 0 Å². The lowest BCUT2D eigenvalue weighted by Crippen LogP contribution is -2.58. The molecule has 1 fully saturated rings. The van der Waals surface area contributed by atoms with Crippen LogP contribution in [0.4, 0.5) is 0 Å². The molecule has 31 N–H and O–H groups in total. The Bertz CT molecular complexity index is 1410. The van der Waals surface area contributed by atoms with Gasteiger partial charge in [0.15, 0.2) is 6.29 Å². The maximum atomic E-state index is 10.1. The molecule has 0 aliphatic carbocycles. The molecule has 33 nitrogen and oxygen atoms in total. The molecule has 0 bridgehead atoms. The second-order valence-electron chi connectivity index (χ2n) is 20.9. The van der Waals surface area contributed by atoms with Crippen molar-refractivity contribution in [2.24, 2.45) is 11.5 Å². The van der Waals surface area contributed by atoms with Crippen LogP contribution in [0.25, 0.3) is 0 Å². The van der Waals surface area contributed by atoms with E-state index in [0.717, 1.165) is 19.1 Å². The van der Waals surface area contributed by atoms with Gasteiger partial charge in [0.05, 0.1) is 64.1 Å². The Hall–Kier alpha value is -1.61. The minimum atomic E-state index is -1.73. The van der Waals surface area contributed by atoms with Crippen LogP contribution >= 0.6 is 0 Å². The number of aliphatic hydroxyl groups excluding tert-OH is 25. The zero-order chi connectivity index (χ0) is 66.9. The van der Waals surface area contributed by atoms with Crippen LogP contribution in [0.5, 0.6) is 0 Å². The van der Waals surface area contributed by atoms with Gasteiger partial charge in [-0.25, -0.2) is 0 Å². The molecule has 0 radical (unpaired) electrons. The molecule has 0 aromatic heterocycles. The number of likely N-dealkylation sites (N-methyl/N-ethyl adjacent to an activating group) is 2. The molecular weight excluding hydrogens is 1180 g/mol. The Kier molecular flexibility index (Phi) is 68.2. The van der Waals surface area contributed by atoms with E-state index in [1.807, 2.05) is 0 Å². The second-order valence-corrected chi connectivity index (χ2v) is 20.9. The van der Waals surface area contributed by atoms with Gasteiger partial charge in [0.1, 0.15) is 104 Å². The third-order valence-electron chi connectivity index (χ3n) is 13.7. The Morgan fingerprint density at radius 2 is 0.716 bits per heavy atom. The Labute approximate surface area is 520 Å². The number of aliphatic hydroxyl groups is 25. The molecule has 0 spiro atoms. The fourth-order valence-corrected chi connectivity index (χ4v) is 7.95. The van der Waals surface area contributed by atoms with Crippen LogP contribution in [0.2, 0.25) is 0 Å². The summed E-state index contributed by atoms with van der Waals surface area (Å²) in [6.07, 6.45) is -13.3. The normalized spacial score (nSPS) is 22.1. The third-order valence-corrected chi connectivity index (χ3v) is 13.7. The van der Waals surface area contributed by atoms with Crippen LogP contribution in [0.15, 0.2) is 0 Å². The largest absolute Gasteiger partial charge is 0.394 e. The van der Waals surface area contributed by atoms with Gasteiger partial charge in [-0.3, -0.25) is 9.80 Å². The van der Waals surface area contributed by atoms with Crippen LogP contribution in [0.3, 0.4) is 0 Å². The Morgan fingerprint density at radius 3 is 0.989 bits per heavy atom. The molecule has 1 aliphatic heterocycles. The van der Waals surface area contributed by atoms with Crippen LogP contribution in [0, 0.1) is 0 Å². The smallest absolute Gasteiger partial charge is 0.184 e. The standard InChI is InChI=1S/C17H38N2O10.C16H32O.C13H30N2O10.C6H12O6.CH6N2.2CH4/c1-3-18(5-10(22)14(26)16(28)12(24)7-20)9-19(4-2)6-11(23)15(27)17(29)13(25)8-21;1-2-3-4-5-6-7-8-9-10-11-12-13-14-15-16-17;16-3-8(20)12(24)10(22)6(18)1-14-5-15-2-7(19)11(23)13(25)9(21)4-17;7-1-2-3(8)4(9)5(10)6(11)12-2;2-1-3;;/h10-17,20-29H,3-9H2,1-2H3;16H,2-15H2,1H3;6-25H,1-5H2;2-11H,1H2;1-3H2;2*1H4/t;;;2?,3-,4+,5+,6?;;;/m...1.../s1. The molecule has 0 aromatic carbocycles. The number of unbranched alkanes of at least 4 members (excludes halogenated alkanes) is 13. The lowest BCUT2D eigenvalue weighted by Gasteiger charge is -2.37. The van der Waals surface area contributed by atoms with Gasteiger partial charge >= 0.3 is 0 Å². The van der Waals surface area contributed by atoms with Gasteiger partial charge in [-0.15, -0.1) is 0 Å². The van der Waals surface area contributed by atoms with Crippen LogP contribution in [-0.2, 0) is 9.53 Å². The van der Waals surface area contributed by atoms with E-state index in [1.54, 1.807) is 23.6 Å². The first-order valence-corrected chi connectivity index (χ1v) is 29.6. The van der Waals surface area contributed by atoms with Crippen molar-refractivity contribution in [2.45, 2.75) is 254 Å². The first-order chi connectivity index (χ1) is 40.6. The summed E-state index contributed by atoms with van der Waals surface area (Å²) in [4.78, 5) is 13.5. The van der Waals surface area contributed by atoms with Gasteiger partial charge in [-0.05, 0) is 19.5 Å². The average molecular weight is 1300 g/mol. The molecule has 1 rings (SSSR count). The van der Waals surface area contributed by atoms with Crippen molar-refractivity contribution in [1.29, 1.82) is 0 Å². The number of carbonyl (C=O) groups is 1. The highest BCUT2D eigenvalue weighted by Crippen LogP contribution is 2.19. The molecule has 88 heavy (non-hydrogen) atoms. The number of ether oxygens (including phenoxy) is 1.